The number of carbonyl (C=O) groups excluding carboxylic acids is 2. The van der Waals surface area contributed by atoms with Gasteiger partial charge in [-0.2, -0.15) is 0 Å². The van der Waals surface area contributed by atoms with E-state index in [0.717, 1.165) is 48.4 Å². The minimum absolute atomic E-state index is 0. The van der Waals surface area contributed by atoms with Crippen molar-refractivity contribution >= 4 is 53.2 Å². The quantitative estimate of drug-likeness (QED) is 0.254. The van der Waals surface area contributed by atoms with Gasteiger partial charge in [-0.3, -0.25) is 9.79 Å². The molecule has 176 valence electrons. The van der Waals surface area contributed by atoms with Crippen LogP contribution in [0, 0.1) is 0 Å². The molecule has 0 bridgehead atoms. The lowest BCUT2D eigenvalue weighted by Crippen LogP contribution is -2.40. The SMILES string of the molecule is CN=C(NCc1cccc(NC(=O)N2CCCC2)c1)NCC1CC(=O)Nc2ccccc21.I. The van der Waals surface area contributed by atoms with Crippen molar-refractivity contribution in [3.05, 3.63) is 59.7 Å². The molecular formula is C24H31IN6O2. The number of para-hydroxylation sites is 1. The van der Waals surface area contributed by atoms with Gasteiger partial charge in [0.25, 0.3) is 0 Å². The van der Waals surface area contributed by atoms with Gasteiger partial charge < -0.3 is 26.2 Å². The van der Waals surface area contributed by atoms with E-state index in [1.54, 1.807) is 7.05 Å². The highest BCUT2D eigenvalue weighted by molar-refractivity contribution is 14.0. The van der Waals surface area contributed by atoms with Crippen molar-refractivity contribution < 1.29 is 9.59 Å². The zero-order chi connectivity index (χ0) is 22.3. The molecule has 4 N–H and O–H groups in total. The number of amides is 3. The first-order chi connectivity index (χ1) is 15.6. The minimum atomic E-state index is -0.0399. The third kappa shape index (κ3) is 6.59. The van der Waals surface area contributed by atoms with Gasteiger partial charge in [0.15, 0.2) is 5.96 Å². The van der Waals surface area contributed by atoms with Crippen LogP contribution in [0.25, 0.3) is 0 Å². The Kier molecular flexibility index (Phi) is 8.93. The van der Waals surface area contributed by atoms with Crippen LogP contribution in [0.3, 0.4) is 0 Å². The van der Waals surface area contributed by atoms with Crippen molar-refractivity contribution in [1.29, 1.82) is 0 Å². The number of carbonyl (C=O) groups is 2. The van der Waals surface area contributed by atoms with Gasteiger partial charge in [-0.1, -0.05) is 30.3 Å². The standard InChI is InChI=1S/C24H30N6O2.HI/c1-25-23(27-16-18-14-22(31)29-21-10-3-2-9-20(18)21)26-15-17-7-6-8-19(13-17)28-24(32)30-11-4-5-12-30;/h2-3,6-10,13,18H,4-5,11-12,14-16H2,1H3,(H,28,32)(H,29,31)(H2,25,26,27);1H. The predicted molar refractivity (Wildman–Crippen MR) is 142 cm³/mol. The average molecular weight is 562 g/mol. The van der Waals surface area contributed by atoms with Crippen molar-refractivity contribution in [3.8, 4) is 0 Å². The number of nitrogens with zero attached hydrogens (tertiary/aromatic N) is 2. The molecule has 0 aromatic heterocycles. The molecule has 0 aliphatic carbocycles. The van der Waals surface area contributed by atoms with E-state index in [-0.39, 0.29) is 41.8 Å². The Morgan fingerprint density at radius 1 is 1.12 bits per heavy atom. The highest BCUT2D eigenvalue weighted by Gasteiger charge is 2.24. The van der Waals surface area contributed by atoms with Gasteiger partial charge in [0.1, 0.15) is 0 Å². The summed E-state index contributed by atoms with van der Waals surface area (Å²) in [6, 6.07) is 15.7. The number of aliphatic imine (C=N–C) groups is 1. The number of hydrogen-bond acceptors (Lipinski definition) is 3. The topological polar surface area (TPSA) is 97.9 Å². The Hall–Kier alpha value is -2.82. The molecule has 2 aliphatic heterocycles. The Morgan fingerprint density at radius 3 is 2.70 bits per heavy atom. The number of fused-ring (bicyclic) bond motifs is 1. The molecular weight excluding hydrogens is 531 g/mol. The second-order valence-corrected chi connectivity index (χ2v) is 8.17. The van der Waals surface area contributed by atoms with Crippen LogP contribution < -0.4 is 21.3 Å². The number of halogens is 1. The highest BCUT2D eigenvalue weighted by atomic mass is 127. The maximum atomic E-state index is 12.3. The summed E-state index contributed by atoms with van der Waals surface area (Å²) in [6.07, 6.45) is 2.58. The summed E-state index contributed by atoms with van der Waals surface area (Å²) in [5, 5.41) is 12.6. The molecule has 1 saturated heterocycles. The third-order valence-corrected chi connectivity index (χ3v) is 5.88. The van der Waals surface area contributed by atoms with Crippen molar-refractivity contribution in [2.24, 2.45) is 4.99 Å². The van der Waals surface area contributed by atoms with E-state index in [9.17, 15) is 9.59 Å². The fraction of sp³-hybridized carbons (Fsp3) is 0.375. The van der Waals surface area contributed by atoms with E-state index in [4.69, 9.17) is 0 Å². The summed E-state index contributed by atoms with van der Waals surface area (Å²) in [5.74, 6) is 0.786. The summed E-state index contributed by atoms with van der Waals surface area (Å²) in [6.45, 7) is 2.81. The molecule has 4 rings (SSSR count). The van der Waals surface area contributed by atoms with Crippen LogP contribution in [0.5, 0.6) is 0 Å². The van der Waals surface area contributed by atoms with Gasteiger partial charge in [-0.25, -0.2) is 4.79 Å². The first kappa shape index (κ1) is 24.8. The van der Waals surface area contributed by atoms with Gasteiger partial charge >= 0.3 is 6.03 Å². The Labute approximate surface area is 211 Å². The van der Waals surface area contributed by atoms with Gasteiger partial charge in [-0.05, 0) is 42.2 Å². The van der Waals surface area contributed by atoms with Crippen LogP contribution >= 0.6 is 24.0 Å². The molecule has 0 saturated carbocycles. The van der Waals surface area contributed by atoms with Gasteiger partial charge in [0.2, 0.25) is 5.91 Å². The lowest BCUT2D eigenvalue weighted by Gasteiger charge is -2.26. The molecule has 8 nitrogen and oxygen atoms in total. The zero-order valence-electron chi connectivity index (χ0n) is 18.8. The normalized spacial score (nSPS) is 17.5. The Morgan fingerprint density at radius 2 is 1.91 bits per heavy atom. The molecule has 1 atom stereocenters. The van der Waals surface area contributed by atoms with Crippen molar-refractivity contribution in [2.45, 2.75) is 31.7 Å². The lowest BCUT2D eigenvalue weighted by atomic mass is 9.90. The number of benzene rings is 2. The number of anilines is 2. The van der Waals surface area contributed by atoms with Crippen LogP contribution in [0.15, 0.2) is 53.5 Å². The smallest absolute Gasteiger partial charge is 0.321 e. The van der Waals surface area contributed by atoms with Crippen LogP contribution in [-0.4, -0.2) is 49.5 Å². The van der Waals surface area contributed by atoms with Gasteiger partial charge in [-0.15, -0.1) is 24.0 Å². The third-order valence-electron chi connectivity index (χ3n) is 5.88. The van der Waals surface area contributed by atoms with E-state index in [1.807, 2.05) is 47.4 Å². The molecule has 1 unspecified atom stereocenters. The van der Waals surface area contributed by atoms with Crippen molar-refractivity contribution in [2.75, 3.05) is 37.3 Å². The fourth-order valence-corrected chi connectivity index (χ4v) is 4.19. The number of urea groups is 1. The molecule has 33 heavy (non-hydrogen) atoms. The first-order valence-electron chi connectivity index (χ1n) is 11.1. The molecule has 2 heterocycles. The molecule has 0 spiro atoms. The van der Waals surface area contributed by atoms with E-state index < -0.39 is 0 Å². The largest absolute Gasteiger partial charge is 0.356 e. The summed E-state index contributed by atoms with van der Waals surface area (Å²) in [7, 11) is 1.73. The average Bonchev–Trinajstić information content (AvgIpc) is 3.34. The maximum Gasteiger partial charge on any atom is 0.321 e. The van der Waals surface area contributed by atoms with E-state index in [2.05, 4.69) is 32.3 Å². The van der Waals surface area contributed by atoms with Crippen LogP contribution in [0.1, 0.15) is 36.3 Å². The fourth-order valence-electron chi connectivity index (χ4n) is 4.19. The number of hydrogen-bond donors (Lipinski definition) is 4. The van der Waals surface area contributed by atoms with Crippen molar-refractivity contribution in [3.63, 3.8) is 0 Å². The van der Waals surface area contributed by atoms with E-state index >= 15 is 0 Å². The minimum Gasteiger partial charge on any atom is -0.356 e. The lowest BCUT2D eigenvalue weighted by molar-refractivity contribution is -0.116. The van der Waals surface area contributed by atoms with Crippen LogP contribution in [-0.2, 0) is 11.3 Å². The molecule has 3 amide bonds. The molecule has 9 heteroatoms. The first-order valence-corrected chi connectivity index (χ1v) is 11.1. The second-order valence-electron chi connectivity index (χ2n) is 8.17. The highest BCUT2D eigenvalue weighted by Crippen LogP contribution is 2.31. The zero-order valence-corrected chi connectivity index (χ0v) is 21.1. The number of nitrogens with one attached hydrogen (secondary N) is 4. The summed E-state index contributed by atoms with van der Waals surface area (Å²) < 4.78 is 0. The Bertz CT molecular complexity index is 1010. The second kappa shape index (κ2) is 11.9. The maximum absolute atomic E-state index is 12.3. The van der Waals surface area contributed by atoms with Crippen LogP contribution in [0.2, 0.25) is 0 Å². The number of likely N-dealkylation sites (tertiary alicyclic amines) is 1. The molecule has 2 aromatic carbocycles. The van der Waals surface area contributed by atoms with E-state index in [0.29, 0.717) is 25.5 Å². The molecule has 2 aliphatic rings. The number of rotatable bonds is 5. The van der Waals surface area contributed by atoms with Gasteiger partial charge in [0.05, 0.1) is 0 Å². The summed E-state index contributed by atoms with van der Waals surface area (Å²) >= 11 is 0. The number of guanidine groups is 1. The summed E-state index contributed by atoms with van der Waals surface area (Å²) in [4.78, 5) is 30.5. The summed E-state index contributed by atoms with van der Waals surface area (Å²) in [5.41, 5.74) is 3.84. The van der Waals surface area contributed by atoms with E-state index in [1.165, 1.54) is 0 Å². The Balaban J connectivity index is 0.00000306. The molecule has 2 aromatic rings. The molecule has 1 fully saturated rings. The monoisotopic (exact) mass is 562 g/mol. The van der Waals surface area contributed by atoms with Gasteiger partial charge in [0, 0.05) is 56.9 Å². The van der Waals surface area contributed by atoms with Crippen LogP contribution in [0.4, 0.5) is 16.2 Å². The van der Waals surface area contributed by atoms with Crippen molar-refractivity contribution in [1.82, 2.24) is 15.5 Å². The predicted octanol–water partition coefficient (Wildman–Crippen LogP) is 3.72. The molecule has 0 radical (unpaired) electrons.